The predicted octanol–water partition coefficient (Wildman–Crippen LogP) is 0.283. The van der Waals surface area contributed by atoms with Gasteiger partial charge in [0.25, 0.3) is 5.91 Å². The van der Waals surface area contributed by atoms with Gasteiger partial charge in [-0.25, -0.2) is 0 Å². The molecule has 0 spiro atoms. The normalized spacial score (nSPS) is 9.40. The summed E-state index contributed by atoms with van der Waals surface area (Å²) >= 11 is 4.84. The van der Waals surface area contributed by atoms with Crippen LogP contribution in [0.2, 0.25) is 0 Å². The molecule has 0 atom stereocenters. The van der Waals surface area contributed by atoms with E-state index in [1.54, 1.807) is 24.3 Å². The molecule has 0 aromatic heterocycles. The molecule has 0 aliphatic heterocycles. The maximum Gasteiger partial charge on any atom is 0.257 e. The van der Waals surface area contributed by atoms with Crippen molar-refractivity contribution in [3.8, 4) is 0 Å². The molecule has 0 unspecified atom stereocenters. The van der Waals surface area contributed by atoms with Crippen LogP contribution >= 0.6 is 12.2 Å². The molecule has 1 amide bonds. The minimum Gasteiger partial charge on any atom is -0.395 e. The molecule has 1 aromatic carbocycles. The van der Waals surface area contributed by atoms with Crippen molar-refractivity contribution in [3.63, 3.8) is 0 Å². The number of aliphatic hydroxyl groups excluding tert-OH is 1. The topological polar surface area (TPSA) is 61.4 Å². The van der Waals surface area contributed by atoms with Crippen LogP contribution in [0.3, 0.4) is 0 Å². The van der Waals surface area contributed by atoms with Crippen LogP contribution < -0.4 is 10.6 Å². The standard InChI is InChI=1S/C10H12N2O2S/c13-7-6-11-10(15)12-9(14)8-4-2-1-3-5-8/h1-5,13H,6-7H2,(H2,11,12,14,15). The number of aliphatic hydroxyl groups is 1. The molecule has 0 heterocycles. The van der Waals surface area contributed by atoms with Crippen LogP contribution in [0, 0.1) is 0 Å². The van der Waals surface area contributed by atoms with Crippen LogP contribution in [-0.4, -0.2) is 29.3 Å². The molecule has 0 aliphatic rings. The zero-order chi connectivity index (χ0) is 11.1. The largest absolute Gasteiger partial charge is 0.395 e. The molecule has 80 valence electrons. The number of benzene rings is 1. The highest BCUT2D eigenvalue weighted by molar-refractivity contribution is 7.80. The van der Waals surface area contributed by atoms with Crippen LogP contribution in [0.4, 0.5) is 0 Å². The van der Waals surface area contributed by atoms with Gasteiger partial charge in [0.1, 0.15) is 0 Å². The molecule has 3 N–H and O–H groups in total. The number of thiocarbonyl (C=S) groups is 1. The van der Waals surface area contributed by atoms with Gasteiger partial charge >= 0.3 is 0 Å². The zero-order valence-corrected chi connectivity index (χ0v) is 8.88. The summed E-state index contributed by atoms with van der Waals surface area (Å²) in [5.41, 5.74) is 0.547. The first-order chi connectivity index (χ1) is 7.24. The van der Waals surface area contributed by atoms with Gasteiger partial charge in [0.05, 0.1) is 6.61 Å². The number of carbonyl (C=O) groups is 1. The lowest BCUT2D eigenvalue weighted by Crippen LogP contribution is -2.40. The quantitative estimate of drug-likeness (QED) is 0.646. The first-order valence-corrected chi connectivity index (χ1v) is 4.90. The zero-order valence-electron chi connectivity index (χ0n) is 8.06. The Bertz CT molecular complexity index is 341. The van der Waals surface area contributed by atoms with E-state index in [9.17, 15) is 4.79 Å². The lowest BCUT2D eigenvalue weighted by molar-refractivity contribution is 0.0976. The van der Waals surface area contributed by atoms with Crippen LogP contribution in [0.15, 0.2) is 30.3 Å². The molecule has 15 heavy (non-hydrogen) atoms. The summed E-state index contributed by atoms with van der Waals surface area (Å²) in [7, 11) is 0. The van der Waals surface area contributed by atoms with Gasteiger partial charge in [0.15, 0.2) is 5.11 Å². The van der Waals surface area contributed by atoms with Crippen molar-refractivity contribution in [1.29, 1.82) is 0 Å². The molecular formula is C10H12N2O2S. The second-order valence-corrected chi connectivity index (χ2v) is 3.21. The summed E-state index contributed by atoms with van der Waals surface area (Å²) in [6, 6.07) is 8.78. The molecule has 0 bridgehead atoms. The summed E-state index contributed by atoms with van der Waals surface area (Å²) in [5.74, 6) is -0.258. The van der Waals surface area contributed by atoms with Crippen LogP contribution in [0.5, 0.6) is 0 Å². The van der Waals surface area contributed by atoms with Gasteiger partial charge < -0.3 is 10.4 Å². The Labute approximate surface area is 93.3 Å². The van der Waals surface area contributed by atoms with Crippen molar-refractivity contribution >= 4 is 23.2 Å². The molecule has 0 aliphatic carbocycles. The monoisotopic (exact) mass is 224 g/mol. The van der Waals surface area contributed by atoms with Crippen molar-refractivity contribution in [2.45, 2.75) is 0 Å². The van der Waals surface area contributed by atoms with Gasteiger partial charge in [-0.2, -0.15) is 0 Å². The molecule has 0 fully saturated rings. The Hall–Kier alpha value is -1.46. The predicted molar refractivity (Wildman–Crippen MR) is 61.6 cm³/mol. The second-order valence-electron chi connectivity index (χ2n) is 2.80. The summed E-state index contributed by atoms with van der Waals surface area (Å²) in [4.78, 5) is 11.5. The van der Waals surface area contributed by atoms with Gasteiger partial charge in [0.2, 0.25) is 0 Å². The third kappa shape index (κ3) is 4.05. The Morgan fingerprint density at radius 3 is 2.60 bits per heavy atom. The minimum absolute atomic E-state index is 0.0264. The van der Waals surface area contributed by atoms with Crippen molar-refractivity contribution in [3.05, 3.63) is 35.9 Å². The molecule has 5 heteroatoms. The van der Waals surface area contributed by atoms with E-state index >= 15 is 0 Å². The Morgan fingerprint density at radius 2 is 2.00 bits per heavy atom. The SMILES string of the molecule is O=C(NC(=S)NCCO)c1ccccc1. The molecule has 4 nitrogen and oxygen atoms in total. The maximum atomic E-state index is 11.5. The lowest BCUT2D eigenvalue weighted by Gasteiger charge is -2.07. The number of rotatable bonds is 3. The van der Waals surface area contributed by atoms with Gasteiger partial charge in [-0.05, 0) is 24.4 Å². The number of carbonyl (C=O) groups excluding carboxylic acids is 1. The Morgan fingerprint density at radius 1 is 1.33 bits per heavy atom. The van der Waals surface area contributed by atoms with E-state index in [1.165, 1.54) is 0 Å². The van der Waals surface area contributed by atoms with Crippen LogP contribution in [0.25, 0.3) is 0 Å². The fourth-order valence-corrected chi connectivity index (χ4v) is 1.17. The average molecular weight is 224 g/mol. The van der Waals surface area contributed by atoms with Gasteiger partial charge in [0, 0.05) is 12.1 Å². The number of hydrogen-bond donors (Lipinski definition) is 3. The van der Waals surface area contributed by atoms with Crippen molar-refractivity contribution in [2.24, 2.45) is 0 Å². The summed E-state index contributed by atoms with van der Waals surface area (Å²) in [5, 5.41) is 13.9. The van der Waals surface area contributed by atoms with E-state index in [0.29, 0.717) is 12.1 Å². The second kappa shape index (κ2) is 6.10. The summed E-state index contributed by atoms with van der Waals surface area (Å²) in [6.45, 7) is 0.301. The first kappa shape index (κ1) is 11.6. The summed E-state index contributed by atoms with van der Waals surface area (Å²) in [6.07, 6.45) is 0. The summed E-state index contributed by atoms with van der Waals surface area (Å²) < 4.78 is 0. The third-order valence-corrected chi connectivity index (χ3v) is 1.91. The highest BCUT2D eigenvalue weighted by atomic mass is 32.1. The average Bonchev–Trinajstić information content (AvgIpc) is 2.27. The van der Waals surface area contributed by atoms with E-state index in [4.69, 9.17) is 17.3 Å². The van der Waals surface area contributed by atoms with E-state index in [1.807, 2.05) is 6.07 Å². The van der Waals surface area contributed by atoms with E-state index in [0.717, 1.165) is 0 Å². The Balaban J connectivity index is 2.46. The highest BCUT2D eigenvalue weighted by Crippen LogP contribution is 1.97. The highest BCUT2D eigenvalue weighted by Gasteiger charge is 2.05. The minimum atomic E-state index is -0.258. The molecule has 0 saturated heterocycles. The van der Waals surface area contributed by atoms with Gasteiger partial charge in [-0.3, -0.25) is 10.1 Å². The smallest absolute Gasteiger partial charge is 0.257 e. The number of nitrogens with one attached hydrogen (secondary N) is 2. The van der Waals surface area contributed by atoms with Gasteiger partial charge in [-0.1, -0.05) is 18.2 Å². The molecule has 0 saturated carbocycles. The fourth-order valence-electron chi connectivity index (χ4n) is 0.978. The third-order valence-electron chi connectivity index (χ3n) is 1.66. The molecule has 1 rings (SSSR count). The number of amides is 1. The van der Waals surface area contributed by atoms with Crippen LogP contribution in [0.1, 0.15) is 10.4 Å². The Kier molecular flexibility index (Phi) is 4.73. The first-order valence-electron chi connectivity index (χ1n) is 4.49. The van der Waals surface area contributed by atoms with E-state index < -0.39 is 0 Å². The molecule has 1 aromatic rings. The van der Waals surface area contributed by atoms with Crippen LogP contribution in [-0.2, 0) is 0 Å². The lowest BCUT2D eigenvalue weighted by atomic mass is 10.2. The van der Waals surface area contributed by atoms with Crippen molar-refractivity contribution in [1.82, 2.24) is 10.6 Å². The molecule has 0 radical (unpaired) electrons. The van der Waals surface area contributed by atoms with Crippen molar-refractivity contribution in [2.75, 3.05) is 13.2 Å². The molecular weight excluding hydrogens is 212 g/mol. The maximum absolute atomic E-state index is 11.5. The van der Waals surface area contributed by atoms with Gasteiger partial charge in [-0.15, -0.1) is 0 Å². The van der Waals surface area contributed by atoms with E-state index in [-0.39, 0.29) is 17.6 Å². The van der Waals surface area contributed by atoms with E-state index in [2.05, 4.69) is 10.6 Å². The fraction of sp³-hybridized carbons (Fsp3) is 0.200. The number of hydrogen-bond acceptors (Lipinski definition) is 3. The van der Waals surface area contributed by atoms with Crippen molar-refractivity contribution < 1.29 is 9.90 Å².